The third-order valence-corrected chi connectivity index (χ3v) is 4.43. The van der Waals surface area contributed by atoms with Gasteiger partial charge in [-0.3, -0.25) is 24.3 Å². The molecule has 0 aliphatic carbocycles. The summed E-state index contributed by atoms with van der Waals surface area (Å²) in [6, 6.07) is 2.49. The Labute approximate surface area is 151 Å². The Morgan fingerprint density at radius 2 is 2.08 bits per heavy atom. The maximum atomic E-state index is 12.2. The number of carbonyl (C=O) groups excluding carboxylic acids is 2. The van der Waals surface area contributed by atoms with E-state index in [1.165, 1.54) is 6.07 Å². The van der Waals surface area contributed by atoms with Crippen LogP contribution in [0.4, 0.5) is 10.8 Å². The predicted molar refractivity (Wildman–Crippen MR) is 93.5 cm³/mol. The van der Waals surface area contributed by atoms with E-state index in [9.17, 15) is 24.5 Å². The van der Waals surface area contributed by atoms with E-state index in [0.29, 0.717) is 11.4 Å². The lowest BCUT2D eigenvalue weighted by Gasteiger charge is -2.08. The van der Waals surface area contributed by atoms with Crippen molar-refractivity contribution in [2.24, 2.45) is 0 Å². The summed E-state index contributed by atoms with van der Waals surface area (Å²) in [6.07, 6.45) is 0. The number of pyridine rings is 1. The lowest BCUT2D eigenvalue weighted by atomic mass is 10.3. The fourth-order valence-electron chi connectivity index (χ4n) is 2.13. The molecule has 138 valence electrons. The number of nitro groups is 1. The molecule has 0 aliphatic heterocycles. The molecule has 2 rings (SSSR count). The van der Waals surface area contributed by atoms with Gasteiger partial charge in [-0.2, -0.15) is 0 Å². The number of amides is 1. The van der Waals surface area contributed by atoms with Gasteiger partial charge in [-0.05, 0) is 26.8 Å². The molecule has 0 saturated carbocycles. The van der Waals surface area contributed by atoms with Crippen molar-refractivity contribution in [1.82, 2.24) is 9.55 Å². The molecule has 10 nitrogen and oxygen atoms in total. The van der Waals surface area contributed by atoms with Crippen LogP contribution in [-0.4, -0.2) is 33.0 Å². The Hall–Kier alpha value is -3.08. The summed E-state index contributed by atoms with van der Waals surface area (Å²) in [4.78, 5) is 50.5. The highest BCUT2D eigenvalue weighted by atomic mass is 32.1. The molecule has 11 heteroatoms. The third-order valence-electron chi connectivity index (χ3n) is 3.37. The van der Waals surface area contributed by atoms with Crippen LogP contribution in [0.1, 0.15) is 28.0 Å². The Morgan fingerprint density at radius 1 is 1.38 bits per heavy atom. The number of carbonyl (C=O) groups is 2. The number of nitrogens with one attached hydrogen (secondary N) is 1. The van der Waals surface area contributed by atoms with E-state index >= 15 is 0 Å². The maximum Gasteiger partial charge on any atom is 0.350 e. The summed E-state index contributed by atoms with van der Waals surface area (Å²) in [6.45, 7) is 4.64. The molecule has 2 heterocycles. The number of ether oxygens (including phenoxy) is 1. The summed E-state index contributed by atoms with van der Waals surface area (Å²) >= 11 is 0.950. The van der Waals surface area contributed by atoms with Gasteiger partial charge in [-0.15, -0.1) is 0 Å². The molecular formula is C15H16N4O6S. The minimum atomic E-state index is -0.868. The Bertz CT molecular complexity index is 933. The molecule has 1 N–H and O–H groups in total. The normalized spacial score (nSPS) is 10.4. The number of nitrogens with zero attached hydrogens (tertiary/aromatic N) is 3. The van der Waals surface area contributed by atoms with E-state index in [2.05, 4.69) is 10.3 Å². The van der Waals surface area contributed by atoms with Gasteiger partial charge in [0.1, 0.15) is 11.4 Å². The van der Waals surface area contributed by atoms with Crippen LogP contribution in [0.25, 0.3) is 0 Å². The van der Waals surface area contributed by atoms with Crippen molar-refractivity contribution >= 4 is 34.0 Å². The molecule has 0 aliphatic rings. The number of esters is 1. The van der Waals surface area contributed by atoms with Crippen molar-refractivity contribution in [2.75, 3.05) is 11.9 Å². The Morgan fingerprint density at radius 3 is 2.69 bits per heavy atom. The van der Waals surface area contributed by atoms with Crippen molar-refractivity contribution < 1.29 is 19.2 Å². The fourth-order valence-corrected chi connectivity index (χ4v) is 3.01. The third kappa shape index (κ3) is 4.11. The van der Waals surface area contributed by atoms with Crippen LogP contribution in [0.3, 0.4) is 0 Å². The molecule has 1 amide bonds. The zero-order valence-electron chi connectivity index (χ0n) is 14.3. The molecule has 0 saturated heterocycles. The van der Waals surface area contributed by atoms with E-state index in [-0.39, 0.29) is 16.6 Å². The summed E-state index contributed by atoms with van der Waals surface area (Å²) in [7, 11) is 0. The number of rotatable bonds is 6. The second kappa shape index (κ2) is 7.87. The lowest BCUT2D eigenvalue weighted by Crippen LogP contribution is -2.30. The fraction of sp³-hybridized carbons (Fsp3) is 0.333. The van der Waals surface area contributed by atoms with Crippen LogP contribution >= 0.6 is 11.3 Å². The average molecular weight is 380 g/mol. The molecule has 0 spiro atoms. The number of aryl methyl sites for hydroxylation is 2. The summed E-state index contributed by atoms with van der Waals surface area (Å²) in [5.41, 5.74) is -0.670. The van der Waals surface area contributed by atoms with Crippen LogP contribution in [0.2, 0.25) is 0 Å². The monoisotopic (exact) mass is 380 g/mol. The second-order valence-electron chi connectivity index (χ2n) is 5.21. The van der Waals surface area contributed by atoms with Gasteiger partial charge in [0.2, 0.25) is 5.91 Å². The summed E-state index contributed by atoms with van der Waals surface area (Å²) < 4.78 is 5.90. The van der Waals surface area contributed by atoms with E-state index < -0.39 is 34.6 Å². The van der Waals surface area contributed by atoms with Gasteiger partial charge in [-0.1, -0.05) is 11.3 Å². The first-order valence-electron chi connectivity index (χ1n) is 7.53. The molecule has 0 aromatic carbocycles. The van der Waals surface area contributed by atoms with Gasteiger partial charge in [0.15, 0.2) is 5.13 Å². The molecule has 26 heavy (non-hydrogen) atoms. The maximum absolute atomic E-state index is 12.2. The minimum Gasteiger partial charge on any atom is -0.462 e. The topological polar surface area (TPSA) is 133 Å². The van der Waals surface area contributed by atoms with Gasteiger partial charge < -0.3 is 10.1 Å². The van der Waals surface area contributed by atoms with Crippen LogP contribution in [-0.2, 0) is 16.1 Å². The Kier molecular flexibility index (Phi) is 5.82. The van der Waals surface area contributed by atoms with Crippen LogP contribution in [0, 0.1) is 24.0 Å². The molecule has 0 radical (unpaired) electrons. The SMILES string of the molecule is CCOC(=O)c1sc(NC(=O)Cn2c(C)ccc([N+](=O)[O-])c2=O)nc1C. The van der Waals surface area contributed by atoms with Crippen molar-refractivity contribution in [2.45, 2.75) is 27.3 Å². The standard InChI is InChI=1S/C15H16N4O6S/c1-4-25-14(22)12-9(3)16-15(26-12)17-11(20)7-18-8(2)5-6-10(13(18)21)19(23)24/h5-6H,4,7H2,1-3H3,(H,16,17,20). The van der Waals surface area contributed by atoms with Gasteiger partial charge >= 0.3 is 17.2 Å². The molecule has 0 bridgehead atoms. The first-order chi connectivity index (χ1) is 12.2. The zero-order chi connectivity index (χ0) is 19.4. The molecule has 0 atom stereocenters. The largest absolute Gasteiger partial charge is 0.462 e. The summed E-state index contributed by atoms with van der Waals surface area (Å²) in [5.74, 6) is -1.13. The number of aromatic nitrogens is 2. The zero-order valence-corrected chi connectivity index (χ0v) is 15.1. The van der Waals surface area contributed by atoms with Crippen LogP contribution < -0.4 is 10.9 Å². The van der Waals surface area contributed by atoms with Crippen LogP contribution in [0.15, 0.2) is 16.9 Å². The molecule has 2 aromatic rings. The van der Waals surface area contributed by atoms with Crippen molar-refractivity contribution in [3.63, 3.8) is 0 Å². The molecule has 2 aromatic heterocycles. The van der Waals surface area contributed by atoms with Gasteiger partial charge in [0, 0.05) is 11.8 Å². The van der Waals surface area contributed by atoms with Crippen molar-refractivity contribution in [1.29, 1.82) is 0 Å². The van der Waals surface area contributed by atoms with E-state index in [1.807, 2.05) is 0 Å². The van der Waals surface area contributed by atoms with Crippen molar-refractivity contribution in [3.05, 3.63) is 48.9 Å². The highest BCUT2D eigenvalue weighted by Gasteiger charge is 2.20. The van der Waals surface area contributed by atoms with E-state index in [1.54, 1.807) is 20.8 Å². The predicted octanol–water partition coefficient (Wildman–Crippen LogP) is 1.65. The van der Waals surface area contributed by atoms with Gasteiger partial charge in [-0.25, -0.2) is 9.78 Å². The quantitative estimate of drug-likeness (QED) is 0.457. The Balaban J connectivity index is 2.19. The van der Waals surface area contributed by atoms with E-state index in [4.69, 9.17) is 4.74 Å². The van der Waals surface area contributed by atoms with E-state index in [0.717, 1.165) is 22.0 Å². The smallest absolute Gasteiger partial charge is 0.350 e. The molecule has 0 unspecified atom stereocenters. The summed E-state index contributed by atoms with van der Waals surface area (Å²) in [5, 5.41) is 13.5. The highest BCUT2D eigenvalue weighted by Crippen LogP contribution is 2.23. The number of hydrogen-bond donors (Lipinski definition) is 1. The highest BCUT2D eigenvalue weighted by molar-refractivity contribution is 7.17. The van der Waals surface area contributed by atoms with Crippen molar-refractivity contribution in [3.8, 4) is 0 Å². The number of anilines is 1. The van der Waals surface area contributed by atoms with Gasteiger partial charge in [0.25, 0.3) is 0 Å². The first kappa shape index (κ1) is 19.2. The first-order valence-corrected chi connectivity index (χ1v) is 8.35. The molecular weight excluding hydrogens is 364 g/mol. The lowest BCUT2D eigenvalue weighted by molar-refractivity contribution is -0.386. The minimum absolute atomic E-state index is 0.173. The van der Waals surface area contributed by atoms with Crippen LogP contribution in [0.5, 0.6) is 0 Å². The van der Waals surface area contributed by atoms with Gasteiger partial charge in [0.05, 0.1) is 17.2 Å². The average Bonchev–Trinajstić information content (AvgIpc) is 2.91. The number of hydrogen-bond acceptors (Lipinski definition) is 8. The number of thiazole rings is 1. The molecule has 0 fully saturated rings. The second-order valence-corrected chi connectivity index (χ2v) is 6.21.